The molecule has 0 aliphatic carbocycles. The fraction of sp³-hybridized carbons (Fsp3) is 0.519. The van der Waals surface area contributed by atoms with Gasteiger partial charge in [0.1, 0.15) is 23.7 Å². The summed E-state index contributed by atoms with van der Waals surface area (Å²) in [6, 6.07) is 16.1. The molecule has 2 aromatic rings. The summed E-state index contributed by atoms with van der Waals surface area (Å²) in [6.07, 6.45) is 1.20. The van der Waals surface area contributed by atoms with E-state index < -0.39 is 5.60 Å². The second-order valence-electron chi connectivity index (χ2n) is 9.86. The van der Waals surface area contributed by atoms with Gasteiger partial charge < -0.3 is 14.2 Å². The Morgan fingerprint density at radius 3 is 1.87 bits per heavy atom. The van der Waals surface area contributed by atoms with Crippen LogP contribution < -0.4 is 9.47 Å². The van der Waals surface area contributed by atoms with Crippen LogP contribution >= 0.6 is 0 Å². The zero-order valence-electron chi connectivity index (χ0n) is 20.1. The van der Waals surface area contributed by atoms with Crippen LogP contribution in [0.5, 0.6) is 11.5 Å². The second kappa shape index (κ2) is 11.2. The standard InChI is InChI=1S/C27H38O4/c1-19(2)16-25(20(3)4)22-10-8-21(9-11-22)17-29-23-12-14-24(15-13-23)30-18-26(28)31-27(5,6)7/h8-15,19-20,25H,16-18H2,1-7H3. The largest absolute Gasteiger partial charge is 0.489 e. The van der Waals surface area contributed by atoms with E-state index in [-0.39, 0.29) is 12.6 Å². The monoisotopic (exact) mass is 426 g/mol. The van der Waals surface area contributed by atoms with Gasteiger partial charge in [0.15, 0.2) is 6.61 Å². The smallest absolute Gasteiger partial charge is 0.344 e. The first-order chi connectivity index (χ1) is 14.5. The summed E-state index contributed by atoms with van der Waals surface area (Å²) >= 11 is 0. The number of esters is 1. The third kappa shape index (κ3) is 9.04. The normalized spacial score (nSPS) is 12.7. The summed E-state index contributed by atoms with van der Waals surface area (Å²) in [5.74, 6) is 2.88. The molecule has 4 nitrogen and oxygen atoms in total. The van der Waals surface area contributed by atoms with Crippen LogP contribution in [-0.4, -0.2) is 18.2 Å². The van der Waals surface area contributed by atoms with Crippen molar-refractivity contribution in [1.29, 1.82) is 0 Å². The van der Waals surface area contributed by atoms with Crippen LogP contribution in [0, 0.1) is 11.8 Å². The Kier molecular flexibility index (Phi) is 8.97. The highest BCUT2D eigenvalue weighted by atomic mass is 16.6. The summed E-state index contributed by atoms with van der Waals surface area (Å²) in [5, 5.41) is 0. The number of carbonyl (C=O) groups is 1. The van der Waals surface area contributed by atoms with E-state index >= 15 is 0 Å². The molecule has 0 aliphatic rings. The Bertz CT molecular complexity index is 799. The maximum atomic E-state index is 11.7. The minimum atomic E-state index is -0.513. The zero-order chi connectivity index (χ0) is 23.0. The molecule has 170 valence electrons. The molecule has 0 heterocycles. The molecule has 0 saturated heterocycles. The molecule has 0 bridgehead atoms. The van der Waals surface area contributed by atoms with Crippen molar-refractivity contribution >= 4 is 5.97 Å². The van der Waals surface area contributed by atoms with Crippen molar-refractivity contribution in [2.45, 2.75) is 73.0 Å². The topological polar surface area (TPSA) is 44.8 Å². The van der Waals surface area contributed by atoms with Crippen molar-refractivity contribution in [1.82, 2.24) is 0 Å². The van der Waals surface area contributed by atoms with Gasteiger partial charge in [-0.25, -0.2) is 4.79 Å². The van der Waals surface area contributed by atoms with Crippen LogP contribution in [-0.2, 0) is 16.1 Å². The molecule has 0 aliphatic heterocycles. The van der Waals surface area contributed by atoms with E-state index in [9.17, 15) is 4.79 Å². The van der Waals surface area contributed by atoms with E-state index in [0.717, 1.165) is 11.3 Å². The average Bonchev–Trinajstić information content (AvgIpc) is 2.68. The van der Waals surface area contributed by atoms with Crippen LogP contribution in [0.2, 0.25) is 0 Å². The Hall–Kier alpha value is -2.49. The Morgan fingerprint density at radius 2 is 1.39 bits per heavy atom. The fourth-order valence-electron chi connectivity index (χ4n) is 3.47. The molecule has 1 unspecified atom stereocenters. The summed E-state index contributed by atoms with van der Waals surface area (Å²) in [5.41, 5.74) is 2.03. The predicted octanol–water partition coefficient (Wildman–Crippen LogP) is 6.77. The number of ether oxygens (including phenoxy) is 3. The highest BCUT2D eigenvalue weighted by molar-refractivity contribution is 5.71. The van der Waals surface area contributed by atoms with Crippen molar-refractivity contribution in [2.24, 2.45) is 11.8 Å². The lowest BCUT2D eigenvalue weighted by Crippen LogP contribution is -2.27. The number of carbonyl (C=O) groups excluding carboxylic acids is 1. The van der Waals surface area contributed by atoms with Gasteiger partial charge in [0.25, 0.3) is 0 Å². The molecule has 0 spiro atoms. The highest BCUT2D eigenvalue weighted by Crippen LogP contribution is 2.31. The molecule has 0 amide bonds. The number of hydrogen-bond acceptors (Lipinski definition) is 4. The van der Waals surface area contributed by atoms with E-state index in [2.05, 4.69) is 52.0 Å². The van der Waals surface area contributed by atoms with Gasteiger partial charge in [0, 0.05) is 0 Å². The average molecular weight is 427 g/mol. The van der Waals surface area contributed by atoms with E-state index in [4.69, 9.17) is 14.2 Å². The minimum absolute atomic E-state index is 0.113. The van der Waals surface area contributed by atoms with Crippen molar-refractivity contribution < 1.29 is 19.0 Å². The molecule has 0 N–H and O–H groups in total. The molecule has 1 atom stereocenters. The summed E-state index contributed by atoms with van der Waals surface area (Å²) < 4.78 is 16.6. The molecule has 0 fully saturated rings. The SMILES string of the molecule is CC(C)CC(c1ccc(COc2ccc(OCC(=O)OC(C)(C)C)cc2)cc1)C(C)C. The molecule has 0 aromatic heterocycles. The van der Waals surface area contributed by atoms with Gasteiger partial charge in [0.05, 0.1) is 0 Å². The van der Waals surface area contributed by atoms with Gasteiger partial charge in [-0.15, -0.1) is 0 Å². The molecule has 4 heteroatoms. The van der Waals surface area contributed by atoms with Gasteiger partial charge in [-0.3, -0.25) is 0 Å². The van der Waals surface area contributed by atoms with Crippen LogP contribution in [0.3, 0.4) is 0 Å². The zero-order valence-corrected chi connectivity index (χ0v) is 20.1. The summed E-state index contributed by atoms with van der Waals surface area (Å²) in [6.45, 7) is 15.1. The van der Waals surface area contributed by atoms with Crippen molar-refractivity contribution in [2.75, 3.05) is 6.61 Å². The number of benzene rings is 2. The van der Waals surface area contributed by atoms with Crippen LogP contribution in [0.1, 0.15) is 71.9 Å². The Labute approximate surface area is 187 Å². The molecule has 2 rings (SSSR count). The van der Waals surface area contributed by atoms with E-state index in [1.165, 1.54) is 12.0 Å². The van der Waals surface area contributed by atoms with Crippen molar-refractivity contribution in [3.8, 4) is 11.5 Å². The van der Waals surface area contributed by atoms with Gasteiger partial charge in [-0.1, -0.05) is 52.0 Å². The lowest BCUT2D eigenvalue weighted by atomic mass is 9.82. The van der Waals surface area contributed by atoms with Crippen LogP contribution in [0.15, 0.2) is 48.5 Å². The van der Waals surface area contributed by atoms with Crippen molar-refractivity contribution in [3.05, 3.63) is 59.7 Å². The number of rotatable bonds is 10. The van der Waals surface area contributed by atoms with Crippen LogP contribution in [0.4, 0.5) is 0 Å². The van der Waals surface area contributed by atoms with Crippen molar-refractivity contribution in [3.63, 3.8) is 0 Å². The maximum Gasteiger partial charge on any atom is 0.344 e. The fourth-order valence-corrected chi connectivity index (χ4v) is 3.47. The maximum absolute atomic E-state index is 11.7. The molecule has 0 radical (unpaired) electrons. The Morgan fingerprint density at radius 1 is 0.839 bits per heavy atom. The van der Waals surface area contributed by atoms with E-state index in [1.807, 2.05) is 32.9 Å². The van der Waals surface area contributed by atoms with E-state index in [0.29, 0.717) is 30.1 Å². The molecule has 31 heavy (non-hydrogen) atoms. The molecular formula is C27H38O4. The summed E-state index contributed by atoms with van der Waals surface area (Å²) in [4.78, 5) is 11.7. The summed E-state index contributed by atoms with van der Waals surface area (Å²) in [7, 11) is 0. The van der Waals surface area contributed by atoms with Gasteiger partial charge >= 0.3 is 5.97 Å². The van der Waals surface area contributed by atoms with Gasteiger partial charge in [-0.05, 0) is 80.3 Å². The minimum Gasteiger partial charge on any atom is -0.489 e. The lowest BCUT2D eigenvalue weighted by Gasteiger charge is -2.23. The Balaban J connectivity index is 1.85. The third-order valence-corrected chi connectivity index (χ3v) is 4.94. The molecular weight excluding hydrogens is 388 g/mol. The molecule has 0 saturated carbocycles. The first kappa shape index (κ1) is 24.8. The van der Waals surface area contributed by atoms with Gasteiger partial charge in [-0.2, -0.15) is 0 Å². The predicted molar refractivity (Wildman–Crippen MR) is 126 cm³/mol. The lowest BCUT2D eigenvalue weighted by molar-refractivity contribution is -0.157. The quantitative estimate of drug-likeness (QED) is 0.393. The number of hydrogen-bond donors (Lipinski definition) is 0. The third-order valence-electron chi connectivity index (χ3n) is 4.94. The second-order valence-corrected chi connectivity index (χ2v) is 9.86. The highest BCUT2D eigenvalue weighted by Gasteiger charge is 2.18. The van der Waals surface area contributed by atoms with Gasteiger partial charge in [0.2, 0.25) is 0 Å². The molecule has 2 aromatic carbocycles. The van der Waals surface area contributed by atoms with E-state index in [1.54, 1.807) is 12.1 Å². The first-order valence-electron chi connectivity index (χ1n) is 11.2. The first-order valence-corrected chi connectivity index (χ1v) is 11.2. The van der Waals surface area contributed by atoms with Crippen LogP contribution in [0.25, 0.3) is 0 Å².